The number of hydrogen-bond donors (Lipinski definition) is 1. The summed E-state index contributed by atoms with van der Waals surface area (Å²) in [5.41, 5.74) is 10.2. The Morgan fingerprint density at radius 3 is 2.66 bits per heavy atom. The Balaban J connectivity index is 1.15. The first kappa shape index (κ1) is 25.9. The van der Waals surface area contributed by atoms with Gasteiger partial charge in [0.25, 0.3) is 0 Å². The van der Waals surface area contributed by atoms with Crippen LogP contribution in [-0.4, -0.2) is 78.7 Å². The summed E-state index contributed by atoms with van der Waals surface area (Å²) in [6.45, 7) is 13.8. The van der Waals surface area contributed by atoms with Gasteiger partial charge in [-0.15, -0.1) is 0 Å². The first-order valence-corrected chi connectivity index (χ1v) is 14.6. The van der Waals surface area contributed by atoms with Crippen LogP contribution in [0.25, 0.3) is 22.3 Å². The van der Waals surface area contributed by atoms with E-state index in [1.165, 1.54) is 23.4 Å². The van der Waals surface area contributed by atoms with Crippen molar-refractivity contribution in [2.75, 3.05) is 57.4 Å². The summed E-state index contributed by atoms with van der Waals surface area (Å²) in [5, 5.41) is 8.44. The van der Waals surface area contributed by atoms with Crippen molar-refractivity contribution in [3.05, 3.63) is 89.7 Å². The number of hydrogen-bond acceptors (Lipinski definition) is 7. The fourth-order valence-electron chi connectivity index (χ4n) is 6.55. The van der Waals surface area contributed by atoms with E-state index < -0.39 is 0 Å². The molecule has 1 N–H and O–H groups in total. The van der Waals surface area contributed by atoms with Gasteiger partial charge in [-0.05, 0) is 68.0 Å². The molecule has 0 atom stereocenters. The molecule has 8 nitrogen and oxygen atoms in total. The highest BCUT2D eigenvalue weighted by molar-refractivity contribution is 5.79. The summed E-state index contributed by atoms with van der Waals surface area (Å²) < 4.78 is 7.61. The Labute approximate surface area is 241 Å². The summed E-state index contributed by atoms with van der Waals surface area (Å²) in [6, 6.07) is 11.0. The van der Waals surface area contributed by atoms with Gasteiger partial charge >= 0.3 is 0 Å². The zero-order valence-corrected chi connectivity index (χ0v) is 23.7. The molecular formula is C33H37N7O. The molecule has 4 aliphatic rings. The molecule has 41 heavy (non-hydrogen) atoms. The van der Waals surface area contributed by atoms with Crippen molar-refractivity contribution in [2.45, 2.75) is 19.8 Å². The first-order chi connectivity index (χ1) is 20.1. The third-order valence-electron chi connectivity index (χ3n) is 8.90. The molecule has 0 unspecified atom stereocenters. The maximum atomic E-state index is 5.66. The number of imidazole rings is 1. The average Bonchev–Trinajstić information content (AvgIpc) is 3.65. The van der Waals surface area contributed by atoms with Gasteiger partial charge in [-0.3, -0.25) is 4.99 Å². The smallest absolute Gasteiger partial charge is 0.154 e. The maximum Gasteiger partial charge on any atom is 0.154 e. The van der Waals surface area contributed by atoms with Crippen molar-refractivity contribution in [1.82, 2.24) is 24.8 Å². The molecule has 3 aliphatic heterocycles. The van der Waals surface area contributed by atoms with Crippen LogP contribution in [-0.2, 0) is 4.74 Å². The molecule has 2 aromatic heterocycles. The Bertz CT molecular complexity index is 1570. The number of anilines is 1. The Hall–Kier alpha value is -4.01. The quantitative estimate of drug-likeness (QED) is 0.453. The number of rotatable bonds is 6. The van der Waals surface area contributed by atoms with Crippen LogP contribution in [0, 0.1) is 12.3 Å². The monoisotopic (exact) mass is 547 g/mol. The van der Waals surface area contributed by atoms with Gasteiger partial charge < -0.3 is 19.9 Å². The number of allylic oxidation sites excluding steroid dienone is 6. The molecule has 5 heterocycles. The predicted molar refractivity (Wildman–Crippen MR) is 165 cm³/mol. The van der Waals surface area contributed by atoms with Crippen LogP contribution >= 0.6 is 0 Å². The van der Waals surface area contributed by atoms with Crippen LogP contribution in [0.2, 0.25) is 0 Å². The molecule has 0 amide bonds. The van der Waals surface area contributed by atoms with E-state index in [0.29, 0.717) is 5.41 Å². The molecule has 3 fully saturated rings. The molecule has 1 spiro atoms. The van der Waals surface area contributed by atoms with Gasteiger partial charge in [0.2, 0.25) is 0 Å². The van der Waals surface area contributed by atoms with Gasteiger partial charge in [0.1, 0.15) is 0 Å². The predicted octanol–water partition coefficient (Wildman–Crippen LogP) is 4.65. The summed E-state index contributed by atoms with van der Waals surface area (Å²) in [4.78, 5) is 13.7. The number of piperazine rings is 1. The standard InChI is InChI=1S/C33H37N7O/c1-24-30(26-5-7-27(8-6-26)38-16-14-35-15-17-38)19-32-36-20-31(40(32)37-24)29(11-13-34-2)25-3-9-28(10-4-25)39-21-33(22-39)12-18-41-23-33/h3,5-11,13,19-20,35H,2,4,12,14-18,21-23H2,1H3/b13-11-,29-25+. The van der Waals surface area contributed by atoms with Gasteiger partial charge in [-0.2, -0.15) is 5.10 Å². The minimum absolute atomic E-state index is 0.375. The number of nitrogens with zero attached hydrogens (tertiary/aromatic N) is 6. The largest absolute Gasteiger partial charge is 0.381 e. The van der Waals surface area contributed by atoms with Crippen molar-refractivity contribution in [1.29, 1.82) is 0 Å². The minimum atomic E-state index is 0.375. The van der Waals surface area contributed by atoms with Gasteiger partial charge in [-0.25, -0.2) is 9.50 Å². The summed E-state index contributed by atoms with van der Waals surface area (Å²) in [7, 11) is 0. The van der Waals surface area contributed by atoms with Crippen LogP contribution in [0.4, 0.5) is 5.69 Å². The molecule has 0 bridgehead atoms. The van der Waals surface area contributed by atoms with E-state index in [1.807, 2.05) is 16.8 Å². The molecule has 7 rings (SSSR count). The van der Waals surface area contributed by atoms with Crippen molar-refractivity contribution in [3.63, 3.8) is 0 Å². The number of aliphatic imine (C=N–C) groups is 1. The third-order valence-corrected chi connectivity index (χ3v) is 8.90. The van der Waals surface area contributed by atoms with Crippen LogP contribution in [0.15, 0.2) is 83.3 Å². The van der Waals surface area contributed by atoms with E-state index in [0.717, 1.165) is 92.6 Å². The number of ether oxygens (including phenoxy) is 1. The Morgan fingerprint density at radius 1 is 1.12 bits per heavy atom. The minimum Gasteiger partial charge on any atom is -0.381 e. The lowest BCUT2D eigenvalue weighted by Gasteiger charge is -2.49. The number of nitrogens with one attached hydrogen (secondary N) is 1. The van der Waals surface area contributed by atoms with Crippen LogP contribution in [0.1, 0.15) is 24.2 Å². The number of likely N-dealkylation sites (tertiary alicyclic amines) is 1. The lowest BCUT2D eigenvalue weighted by Crippen LogP contribution is -2.55. The van der Waals surface area contributed by atoms with Gasteiger partial charge in [-0.1, -0.05) is 24.3 Å². The third kappa shape index (κ3) is 4.91. The summed E-state index contributed by atoms with van der Waals surface area (Å²) >= 11 is 0. The zero-order valence-electron chi connectivity index (χ0n) is 23.7. The van der Waals surface area contributed by atoms with Gasteiger partial charge in [0.15, 0.2) is 5.65 Å². The number of fused-ring (bicyclic) bond motifs is 1. The molecule has 1 aliphatic carbocycles. The van der Waals surface area contributed by atoms with E-state index in [1.54, 1.807) is 6.20 Å². The van der Waals surface area contributed by atoms with Crippen LogP contribution in [0.5, 0.6) is 0 Å². The van der Waals surface area contributed by atoms with E-state index in [9.17, 15) is 0 Å². The van der Waals surface area contributed by atoms with Gasteiger partial charge in [0.05, 0.1) is 24.2 Å². The molecule has 210 valence electrons. The van der Waals surface area contributed by atoms with E-state index in [2.05, 4.69) is 82.3 Å². The SMILES string of the molecule is C=N/C=C\C(=C1\C=CC(N2CC3(CCOC3)C2)=CC1)c1cnc2cc(-c3ccc(N4CCNCC4)cc3)c(C)nn12. The topological polar surface area (TPSA) is 70.3 Å². The molecular weight excluding hydrogens is 510 g/mol. The van der Waals surface area contributed by atoms with Crippen molar-refractivity contribution >= 4 is 23.6 Å². The second-order valence-corrected chi connectivity index (χ2v) is 11.6. The van der Waals surface area contributed by atoms with Crippen LogP contribution < -0.4 is 10.2 Å². The number of benzene rings is 1. The Morgan fingerprint density at radius 2 is 1.95 bits per heavy atom. The highest BCUT2D eigenvalue weighted by Gasteiger charge is 2.46. The second-order valence-electron chi connectivity index (χ2n) is 11.6. The second kappa shape index (κ2) is 10.8. The fourth-order valence-corrected chi connectivity index (χ4v) is 6.55. The van der Waals surface area contributed by atoms with E-state index in [4.69, 9.17) is 14.8 Å². The molecule has 8 heteroatoms. The lowest BCUT2D eigenvalue weighted by atomic mass is 9.78. The summed E-state index contributed by atoms with van der Waals surface area (Å²) in [5.74, 6) is 0. The first-order valence-electron chi connectivity index (χ1n) is 14.6. The molecule has 3 aromatic rings. The molecule has 0 radical (unpaired) electrons. The van der Waals surface area contributed by atoms with Crippen molar-refractivity contribution in [2.24, 2.45) is 10.4 Å². The highest BCUT2D eigenvalue weighted by Crippen LogP contribution is 2.41. The summed E-state index contributed by atoms with van der Waals surface area (Å²) in [6.07, 6.45) is 14.5. The molecule has 3 saturated heterocycles. The average molecular weight is 548 g/mol. The van der Waals surface area contributed by atoms with E-state index in [-0.39, 0.29) is 0 Å². The number of aryl methyl sites for hydroxylation is 1. The zero-order chi connectivity index (χ0) is 27.8. The van der Waals surface area contributed by atoms with Gasteiger partial charge in [0, 0.05) is 80.0 Å². The normalized spacial score (nSPS) is 21.5. The van der Waals surface area contributed by atoms with Crippen molar-refractivity contribution in [3.8, 4) is 11.1 Å². The molecule has 0 saturated carbocycles. The fraction of sp³-hybridized carbons (Fsp3) is 0.364. The number of aromatic nitrogens is 3. The maximum absolute atomic E-state index is 5.66. The van der Waals surface area contributed by atoms with E-state index >= 15 is 0 Å². The lowest BCUT2D eigenvalue weighted by molar-refractivity contribution is 0.0205. The Kier molecular flexibility index (Phi) is 6.80. The highest BCUT2D eigenvalue weighted by atomic mass is 16.5. The van der Waals surface area contributed by atoms with Crippen molar-refractivity contribution < 1.29 is 4.74 Å². The van der Waals surface area contributed by atoms with Crippen LogP contribution in [0.3, 0.4) is 0 Å². The molecule has 1 aromatic carbocycles.